The number of thioether (sulfide) groups is 1. The van der Waals surface area contributed by atoms with Gasteiger partial charge in [0.25, 0.3) is 0 Å². The first-order chi connectivity index (χ1) is 13.3. The van der Waals surface area contributed by atoms with Crippen LogP contribution < -0.4 is 0 Å². The van der Waals surface area contributed by atoms with E-state index in [1.54, 1.807) is 19.1 Å². The average Bonchev–Trinajstić information content (AvgIpc) is 3.53. The number of hydrogen-bond donors (Lipinski definition) is 0. The van der Waals surface area contributed by atoms with Crippen LogP contribution in [0.15, 0.2) is 52.3 Å². The molecule has 2 unspecified atom stereocenters. The minimum absolute atomic E-state index is 0.249. The van der Waals surface area contributed by atoms with Crippen molar-refractivity contribution in [1.82, 2.24) is 0 Å². The van der Waals surface area contributed by atoms with Gasteiger partial charge < -0.3 is 4.74 Å². The van der Waals surface area contributed by atoms with Crippen LogP contribution in [0.5, 0.6) is 0 Å². The first-order valence-electron chi connectivity index (χ1n) is 9.64. The lowest BCUT2D eigenvalue weighted by molar-refractivity contribution is -0.00168. The zero-order valence-electron chi connectivity index (χ0n) is 16.2. The minimum atomic E-state index is -3.56. The topological polar surface area (TPSA) is 43.4 Å². The third-order valence-corrected chi connectivity index (χ3v) is 9.26. The molecule has 2 aliphatic rings. The van der Waals surface area contributed by atoms with Crippen molar-refractivity contribution in [2.45, 2.75) is 59.2 Å². The summed E-state index contributed by atoms with van der Waals surface area (Å²) < 4.78 is 46.4. The predicted octanol–water partition coefficient (Wildman–Crippen LogP) is 5.51. The Morgan fingerprint density at radius 3 is 2.64 bits per heavy atom. The van der Waals surface area contributed by atoms with Gasteiger partial charge in [-0.2, -0.15) is 0 Å². The molecule has 0 bridgehead atoms. The van der Waals surface area contributed by atoms with Crippen LogP contribution >= 0.6 is 11.8 Å². The first kappa shape index (κ1) is 19.9. The molecule has 150 valence electrons. The van der Waals surface area contributed by atoms with Gasteiger partial charge in [-0.25, -0.2) is 12.8 Å². The van der Waals surface area contributed by atoms with Crippen molar-refractivity contribution in [2.24, 2.45) is 0 Å². The largest absolute Gasteiger partial charge is 0.373 e. The van der Waals surface area contributed by atoms with Crippen molar-refractivity contribution in [3.63, 3.8) is 0 Å². The van der Waals surface area contributed by atoms with Gasteiger partial charge in [-0.1, -0.05) is 18.2 Å². The standard InChI is InChI=1S/C22H25FO3S2/c1-22(28(24,25)18-5-3-4-16(12-18)15-6-7-15)10-11-26-21(14-22)19-9-8-17(27-2)13-20(19)23/h3-5,8-9,12-13,15,21H,6-7,10-11,14H2,1-2H3. The Balaban J connectivity index is 1.64. The van der Waals surface area contributed by atoms with Gasteiger partial charge in [0.2, 0.25) is 0 Å². The van der Waals surface area contributed by atoms with Crippen LogP contribution in [0.25, 0.3) is 0 Å². The molecular weight excluding hydrogens is 395 g/mol. The zero-order valence-corrected chi connectivity index (χ0v) is 17.8. The number of halogens is 1. The number of sulfone groups is 1. The number of ether oxygens (including phenoxy) is 1. The van der Waals surface area contributed by atoms with E-state index in [-0.39, 0.29) is 12.2 Å². The van der Waals surface area contributed by atoms with Gasteiger partial charge in [-0.05, 0) is 74.6 Å². The molecule has 1 aliphatic carbocycles. The summed E-state index contributed by atoms with van der Waals surface area (Å²) in [5, 5.41) is 0. The Bertz CT molecular complexity index is 985. The fourth-order valence-electron chi connectivity index (χ4n) is 3.95. The first-order valence-corrected chi connectivity index (χ1v) is 12.3. The maximum atomic E-state index is 14.6. The van der Waals surface area contributed by atoms with Crippen LogP contribution in [0.2, 0.25) is 0 Å². The predicted molar refractivity (Wildman–Crippen MR) is 110 cm³/mol. The molecule has 2 fully saturated rings. The van der Waals surface area contributed by atoms with E-state index in [2.05, 4.69) is 0 Å². The van der Waals surface area contributed by atoms with Crippen molar-refractivity contribution in [3.05, 3.63) is 59.4 Å². The summed E-state index contributed by atoms with van der Waals surface area (Å²) >= 11 is 1.47. The molecule has 0 amide bonds. The van der Waals surface area contributed by atoms with E-state index in [0.29, 0.717) is 29.4 Å². The van der Waals surface area contributed by atoms with E-state index < -0.39 is 20.7 Å². The third-order valence-electron chi connectivity index (χ3n) is 5.99. The molecule has 1 saturated carbocycles. The highest BCUT2D eigenvalue weighted by Gasteiger charge is 2.45. The maximum Gasteiger partial charge on any atom is 0.184 e. The van der Waals surface area contributed by atoms with Gasteiger partial charge in [0.15, 0.2) is 9.84 Å². The van der Waals surface area contributed by atoms with Crippen molar-refractivity contribution in [1.29, 1.82) is 0 Å². The fraction of sp³-hybridized carbons (Fsp3) is 0.455. The third kappa shape index (κ3) is 3.62. The highest BCUT2D eigenvalue weighted by atomic mass is 32.2. The van der Waals surface area contributed by atoms with E-state index in [4.69, 9.17) is 4.74 Å². The van der Waals surface area contributed by atoms with E-state index in [9.17, 15) is 12.8 Å². The van der Waals surface area contributed by atoms with Crippen LogP contribution in [0.3, 0.4) is 0 Å². The summed E-state index contributed by atoms with van der Waals surface area (Å²) in [6.45, 7) is 2.07. The lowest BCUT2D eigenvalue weighted by Gasteiger charge is -2.38. The molecule has 3 nitrogen and oxygen atoms in total. The summed E-state index contributed by atoms with van der Waals surface area (Å²) in [6.07, 6.45) is 4.24. The molecule has 28 heavy (non-hydrogen) atoms. The molecule has 2 aromatic rings. The van der Waals surface area contributed by atoms with Gasteiger partial charge in [0, 0.05) is 17.1 Å². The Labute approximate surface area is 170 Å². The second-order valence-corrected chi connectivity index (χ2v) is 11.3. The van der Waals surface area contributed by atoms with E-state index in [1.165, 1.54) is 17.8 Å². The lowest BCUT2D eigenvalue weighted by Crippen LogP contribution is -2.42. The Hall–Kier alpha value is -1.37. The molecule has 0 N–H and O–H groups in total. The van der Waals surface area contributed by atoms with Crippen LogP contribution in [0.4, 0.5) is 4.39 Å². The Morgan fingerprint density at radius 1 is 1.18 bits per heavy atom. The average molecular weight is 421 g/mol. The molecule has 1 saturated heterocycles. The molecule has 2 aromatic carbocycles. The molecule has 0 aromatic heterocycles. The normalized spacial score (nSPS) is 25.6. The van der Waals surface area contributed by atoms with Crippen LogP contribution in [0.1, 0.15) is 55.8 Å². The van der Waals surface area contributed by atoms with Crippen molar-refractivity contribution >= 4 is 21.6 Å². The summed E-state index contributed by atoms with van der Waals surface area (Å²) in [5.74, 6) is 0.156. The highest BCUT2D eigenvalue weighted by molar-refractivity contribution is 7.98. The molecule has 0 spiro atoms. The second kappa shape index (κ2) is 7.47. The Kier molecular flexibility index (Phi) is 5.31. The van der Waals surface area contributed by atoms with E-state index in [0.717, 1.165) is 23.3 Å². The molecule has 4 rings (SSSR count). The van der Waals surface area contributed by atoms with Gasteiger partial charge in [-0.15, -0.1) is 11.8 Å². The summed E-state index contributed by atoms with van der Waals surface area (Å²) in [4.78, 5) is 1.21. The molecule has 2 atom stereocenters. The lowest BCUT2D eigenvalue weighted by atomic mass is 9.92. The van der Waals surface area contributed by atoms with Crippen molar-refractivity contribution < 1.29 is 17.5 Å². The highest BCUT2D eigenvalue weighted by Crippen LogP contribution is 2.44. The minimum Gasteiger partial charge on any atom is -0.373 e. The molecule has 0 radical (unpaired) electrons. The maximum absolute atomic E-state index is 14.6. The second-order valence-electron chi connectivity index (χ2n) is 8.00. The van der Waals surface area contributed by atoms with Gasteiger partial charge >= 0.3 is 0 Å². The fourth-order valence-corrected chi connectivity index (χ4v) is 6.21. The monoisotopic (exact) mass is 420 g/mol. The number of rotatable bonds is 5. The summed E-state index contributed by atoms with van der Waals surface area (Å²) in [7, 11) is -3.56. The van der Waals surface area contributed by atoms with Crippen molar-refractivity contribution in [3.8, 4) is 0 Å². The van der Waals surface area contributed by atoms with E-state index >= 15 is 0 Å². The van der Waals surface area contributed by atoms with E-state index in [1.807, 2.05) is 30.5 Å². The quantitative estimate of drug-likeness (QED) is 0.598. The van der Waals surface area contributed by atoms with Gasteiger partial charge in [0.1, 0.15) is 5.82 Å². The molecular formula is C22H25FO3S2. The zero-order chi connectivity index (χ0) is 19.9. The van der Waals surface area contributed by atoms with Crippen LogP contribution in [-0.4, -0.2) is 26.0 Å². The summed E-state index contributed by atoms with van der Waals surface area (Å²) in [6, 6.07) is 12.4. The van der Waals surface area contributed by atoms with Gasteiger partial charge in [-0.3, -0.25) is 0 Å². The number of hydrogen-bond acceptors (Lipinski definition) is 4. The SMILES string of the molecule is CSc1ccc(C2CC(C)(S(=O)(=O)c3cccc(C4CC4)c3)CCO2)c(F)c1. The smallest absolute Gasteiger partial charge is 0.184 e. The van der Waals surface area contributed by atoms with Crippen LogP contribution in [0, 0.1) is 5.82 Å². The molecule has 1 aliphatic heterocycles. The number of benzene rings is 2. The Morgan fingerprint density at radius 2 is 1.96 bits per heavy atom. The summed E-state index contributed by atoms with van der Waals surface area (Å²) in [5.41, 5.74) is 1.54. The molecule has 6 heteroatoms. The van der Waals surface area contributed by atoms with Crippen LogP contribution in [-0.2, 0) is 14.6 Å². The van der Waals surface area contributed by atoms with Crippen molar-refractivity contribution in [2.75, 3.05) is 12.9 Å². The molecule has 1 heterocycles. The van der Waals surface area contributed by atoms with Gasteiger partial charge in [0.05, 0.1) is 15.7 Å².